The summed E-state index contributed by atoms with van der Waals surface area (Å²) in [4.78, 5) is 10.3. The van der Waals surface area contributed by atoms with Gasteiger partial charge in [-0.1, -0.05) is 13.0 Å². The van der Waals surface area contributed by atoms with Crippen LogP contribution in [0.5, 0.6) is 0 Å². The van der Waals surface area contributed by atoms with Crippen LogP contribution in [0, 0.1) is 17.0 Å². The van der Waals surface area contributed by atoms with Gasteiger partial charge in [-0.15, -0.1) is 0 Å². The van der Waals surface area contributed by atoms with E-state index < -0.39 is 0 Å². The third kappa shape index (κ3) is 2.76. The topological polar surface area (TPSA) is 55.2 Å². The predicted molar refractivity (Wildman–Crippen MR) is 59.9 cm³/mol. The lowest BCUT2D eigenvalue weighted by molar-refractivity contribution is -0.384. The van der Waals surface area contributed by atoms with Crippen LogP contribution in [-0.4, -0.2) is 11.5 Å². The van der Waals surface area contributed by atoms with Crippen LogP contribution in [-0.2, 0) is 0 Å². The fourth-order valence-corrected chi connectivity index (χ4v) is 1.62. The van der Waals surface area contributed by atoms with Gasteiger partial charge in [0.15, 0.2) is 0 Å². The van der Waals surface area contributed by atoms with Crippen LogP contribution >= 0.6 is 0 Å². The third-order valence-corrected chi connectivity index (χ3v) is 2.45. The summed E-state index contributed by atoms with van der Waals surface area (Å²) in [7, 11) is 0. The van der Waals surface area contributed by atoms with Crippen LogP contribution in [0.15, 0.2) is 18.2 Å². The molecule has 0 aliphatic rings. The summed E-state index contributed by atoms with van der Waals surface area (Å²) in [5, 5.41) is 13.9. The molecule has 0 radical (unpaired) electrons. The summed E-state index contributed by atoms with van der Waals surface area (Å²) in [5.41, 5.74) is 2.22. The highest BCUT2D eigenvalue weighted by molar-refractivity contribution is 5.40. The van der Waals surface area contributed by atoms with Gasteiger partial charge in [0.05, 0.1) is 4.92 Å². The maximum atomic E-state index is 10.6. The molecule has 1 aromatic carbocycles. The maximum Gasteiger partial charge on any atom is 0.269 e. The molecular formula is C11H16N2O2. The van der Waals surface area contributed by atoms with E-state index in [-0.39, 0.29) is 16.7 Å². The number of aryl methyl sites for hydroxylation is 1. The Bertz CT molecular complexity index is 364. The summed E-state index contributed by atoms with van der Waals surface area (Å²) >= 11 is 0. The molecule has 82 valence electrons. The standard InChI is InChI=1S/C11H16N2O2/c1-4-12-9(3)11-7-10(13(14)15)6-5-8(11)2/h5-7,9,12H,4H2,1-3H3. The largest absolute Gasteiger partial charge is 0.310 e. The number of nitro groups is 1. The van der Waals surface area contributed by atoms with E-state index in [0.717, 1.165) is 17.7 Å². The van der Waals surface area contributed by atoms with E-state index in [2.05, 4.69) is 5.32 Å². The molecule has 0 spiro atoms. The fourth-order valence-electron chi connectivity index (χ4n) is 1.62. The van der Waals surface area contributed by atoms with Gasteiger partial charge in [0.1, 0.15) is 0 Å². The smallest absolute Gasteiger partial charge is 0.269 e. The van der Waals surface area contributed by atoms with Crippen LogP contribution in [0.25, 0.3) is 0 Å². The number of benzene rings is 1. The lowest BCUT2D eigenvalue weighted by atomic mass is 10.0. The Kier molecular flexibility index (Phi) is 3.80. The first kappa shape index (κ1) is 11.7. The van der Waals surface area contributed by atoms with Crippen molar-refractivity contribution in [2.45, 2.75) is 26.8 Å². The molecule has 1 N–H and O–H groups in total. The Labute approximate surface area is 89.5 Å². The number of rotatable bonds is 4. The van der Waals surface area contributed by atoms with E-state index in [9.17, 15) is 10.1 Å². The average molecular weight is 208 g/mol. The number of hydrogen-bond acceptors (Lipinski definition) is 3. The van der Waals surface area contributed by atoms with Crippen molar-refractivity contribution >= 4 is 5.69 Å². The number of nitrogens with zero attached hydrogens (tertiary/aromatic N) is 1. The summed E-state index contributed by atoms with van der Waals surface area (Å²) < 4.78 is 0. The zero-order valence-electron chi connectivity index (χ0n) is 9.28. The molecule has 15 heavy (non-hydrogen) atoms. The highest BCUT2D eigenvalue weighted by Gasteiger charge is 2.12. The van der Waals surface area contributed by atoms with Crippen molar-refractivity contribution < 1.29 is 4.92 Å². The molecule has 4 nitrogen and oxygen atoms in total. The van der Waals surface area contributed by atoms with Gasteiger partial charge < -0.3 is 5.32 Å². The molecule has 0 bridgehead atoms. The van der Waals surface area contributed by atoms with Crippen molar-refractivity contribution in [3.63, 3.8) is 0 Å². The minimum Gasteiger partial charge on any atom is -0.310 e. The fraction of sp³-hybridized carbons (Fsp3) is 0.455. The summed E-state index contributed by atoms with van der Waals surface area (Å²) in [6, 6.07) is 5.12. The van der Waals surface area contributed by atoms with Crippen molar-refractivity contribution in [1.29, 1.82) is 0 Å². The molecule has 0 heterocycles. The van der Waals surface area contributed by atoms with E-state index in [4.69, 9.17) is 0 Å². The second-order valence-electron chi connectivity index (χ2n) is 3.58. The number of non-ortho nitro benzene ring substituents is 1. The van der Waals surface area contributed by atoms with E-state index in [1.807, 2.05) is 20.8 Å². The highest BCUT2D eigenvalue weighted by atomic mass is 16.6. The van der Waals surface area contributed by atoms with Gasteiger partial charge in [-0.3, -0.25) is 10.1 Å². The minimum atomic E-state index is -0.360. The van der Waals surface area contributed by atoms with Gasteiger partial charge >= 0.3 is 0 Å². The normalized spacial score (nSPS) is 12.5. The number of nitrogens with one attached hydrogen (secondary N) is 1. The molecule has 1 aromatic rings. The van der Waals surface area contributed by atoms with Crippen LogP contribution < -0.4 is 5.32 Å². The number of nitro benzene ring substituents is 1. The van der Waals surface area contributed by atoms with Gasteiger partial charge in [-0.25, -0.2) is 0 Å². The number of hydrogen-bond donors (Lipinski definition) is 1. The molecule has 0 amide bonds. The summed E-state index contributed by atoms with van der Waals surface area (Å²) in [6.45, 7) is 6.84. The molecule has 4 heteroatoms. The Morgan fingerprint density at radius 2 is 2.20 bits per heavy atom. The quantitative estimate of drug-likeness (QED) is 0.611. The van der Waals surface area contributed by atoms with Crippen LogP contribution in [0.3, 0.4) is 0 Å². The van der Waals surface area contributed by atoms with Crippen molar-refractivity contribution in [3.05, 3.63) is 39.4 Å². The van der Waals surface area contributed by atoms with Crippen LogP contribution in [0.2, 0.25) is 0 Å². The lowest BCUT2D eigenvalue weighted by Gasteiger charge is -2.14. The van der Waals surface area contributed by atoms with Crippen molar-refractivity contribution in [2.75, 3.05) is 6.54 Å². The zero-order valence-corrected chi connectivity index (χ0v) is 9.28. The molecule has 1 unspecified atom stereocenters. The van der Waals surface area contributed by atoms with Gasteiger partial charge in [0.25, 0.3) is 5.69 Å². The molecule has 0 saturated carbocycles. The van der Waals surface area contributed by atoms with E-state index >= 15 is 0 Å². The Hall–Kier alpha value is -1.42. The van der Waals surface area contributed by atoms with Crippen molar-refractivity contribution in [3.8, 4) is 0 Å². The van der Waals surface area contributed by atoms with Crippen molar-refractivity contribution in [2.24, 2.45) is 0 Å². The SMILES string of the molecule is CCNC(C)c1cc([N+](=O)[O-])ccc1C. The highest BCUT2D eigenvalue weighted by Crippen LogP contribution is 2.22. The monoisotopic (exact) mass is 208 g/mol. The van der Waals surface area contributed by atoms with Crippen molar-refractivity contribution in [1.82, 2.24) is 5.32 Å². The Balaban J connectivity index is 3.04. The predicted octanol–water partition coefficient (Wildman–Crippen LogP) is 2.57. The first-order chi connectivity index (χ1) is 7.06. The van der Waals surface area contributed by atoms with Crippen LogP contribution in [0.1, 0.15) is 31.0 Å². The minimum absolute atomic E-state index is 0.148. The van der Waals surface area contributed by atoms with Gasteiger partial charge in [-0.2, -0.15) is 0 Å². The molecule has 0 aromatic heterocycles. The van der Waals surface area contributed by atoms with E-state index in [1.54, 1.807) is 12.1 Å². The molecule has 0 aliphatic heterocycles. The Morgan fingerprint density at radius 1 is 1.53 bits per heavy atom. The van der Waals surface area contributed by atoms with Crippen LogP contribution in [0.4, 0.5) is 5.69 Å². The summed E-state index contributed by atoms with van der Waals surface area (Å²) in [5.74, 6) is 0. The molecule has 0 saturated heterocycles. The molecule has 1 rings (SSSR count). The molecule has 0 fully saturated rings. The second kappa shape index (κ2) is 4.89. The Morgan fingerprint density at radius 3 is 2.73 bits per heavy atom. The van der Waals surface area contributed by atoms with E-state index in [1.165, 1.54) is 6.07 Å². The van der Waals surface area contributed by atoms with Gasteiger partial charge in [0.2, 0.25) is 0 Å². The third-order valence-electron chi connectivity index (χ3n) is 2.45. The summed E-state index contributed by atoms with van der Waals surface area (Å²) in [6.07, 6.45) is 0. The lowest BCUT2D eigenvalue weighted by Crippen LogP contribution is -2.18. The second-order valence-corrected chi connectivity index (χ2v) is 3.58. The zero-order chi connectivity index (χ0) is 11.4. The maximum absolute atomic E-state index is 10.6. The average Bonchev–Trinajstić information content (AvgIpc) is 2.18. The molecule has 1 atom stereocenters. The molecule has 0 aliphatic carbocycles. The van der Waals surface area contributed by atoms with Gasteiger partial charge in [0, 0.05) is 18.2 Å². The van der Waals surface area contributed by atoms with E-state index in [0.29, 0.717) is 0 Å². The van der Waals surface area contributed by atoms with Gasteiger partial charge in [-0.05, 0) is 31.5 Å². The first-order valence-corrected chi connectivity index (χ1v) is 5.04. The first-order valence-electron chi connectivity index (χ1n) is 5.04. The molecular weight excluding hydrogens is 192 g/mol.